The van der Waals surface area contributed by atoms with Crippen LogP contribution in [0.3, 0.4) is 0 Å². The van der Waals surface area contributed by atoms with Gasteiger partial charge >= 0.3 is 17.1 Å². The van der Waals surface area contributed by atoms with Gasteiger partial charge in [-0.1, -0.05) is 146 Å². The molecule has 3 nitrogen and oxygen atoms in total. The van der Waals surface area contributed by atoms with Crippen molar-refractivity contribution in [2.75, 3.05) is 0 Å². The molecule has 0 saturated heterocycles. The number of aliphatic imine (C=N–C) groups is 2. The number of hydrogen-bond donors (Lipinski definition) is 0. The van der Waals surface area contributed by atoms with Crippen LogP contribution < -0.4 is 37.2 Å². The van der Waals surface area contributed by atoms with Crippen molar-refractivity contribution < 1.29 is 54.3 Å². The summed E-state index contributed by atoms with van der Waals surface area (Å²) in [6, 6.07) is 17.4. The second-order valence-electron chi connectivity index (χ2n) is 20.9. The van der Waals surface area contributed by atoms with E-state index >= 15 is 0 Å². The largest absolute Gasteiger partial charge is 3.00 e. The zero-order valence-corrected chi connectivity index (χ0v) is 42.9. The quantitative estimate of drug-likeness (QED) is 0.148. The second kappa shape index (κ2) is 26.2. The number of rotatable bonds is 10. The van der Waals surface area contributed by atoms with Crippen LogP contribution in [0.25, 0.3) is 0 Å². The first kappa shape index (κ1) is 53.3. The van der Waals surface area contributed by atoms with Crippen LogP contribution in [0.4, 0.5) is 11.4 Å². The van der Waals surface area contributed by atoms with Gasteiger partial charge in [-0.15, -0.1) is 0 Å². The SMILES string of the molecule is CC(=Nc1c(C2CCCCC2)cc(C2CCCCC2)cc1C1CCCCC1)c1cccc(C(C)=Nc2c(C3CCCCC3)cc(C3CCCCC3)cc2C2CCCCC2)n1.[Cl-].[Cl-].[Cl-].[Fe+3]. The molecule has 0 N–H and O–H groups in total. The Hall–Kier alpha value is -1.68. The molecule has 64 heavy (non-hydrogen) atoms. The molecule has 2 aromatic carbocycles. The van der Waals surface area contributed by atoms with Crippen molar-refractivity contribution in [2.45, 2.75) is 242 Å². The van der Waals surface area contributed by atoms with Crippen molar-refractivity contribution in [1.29, 1.82) is 0 Å². The third-order valence-corrected chi connectivity index (χ3v) is 16.8. The third kappa shape index (κ3) is 12.9. The zero-order chi connectivity index (χ0) is 40.7. The molecule has 351 valence electrons. The molecule has 0 unspecified atom stereocenters. The van der Waals surface area contributed by atoms with Crippen molar-refractivity contribution in [1.82, 2.24) is 4.98 Å². The molecule has 9 rings (SSSR count). The minimum Gasteiger partial charge on any atom is -1.00 e. The van der Waals surface area contributed by atoms with E-state index in [2.05, 4.69) is 56.3 Å². The average Bonchev–Trinajstić information content (AvgIpc) is 3.33. The number of halogens is 3. The standard InChI is InChI=1S/C57H79N3.3ClH.Fe/c1-40(58-56-50(44-26-13-5-14-27-44)36-48(42-22-9-3-10-23-42)37-51(56)45-28-15-6-16-29-45)54-34-21-35-55(60-54)41(2)59-57-52(46-30-17-7-18-31-46)38-49(43-24-11-4-12-25-43)39-53(57)47-32-19-8-20-33-47;;;;/h21,34-39,42-47H,3-20,22-33H2,1-2H3;3*1H;/q;;;;+3/p-3. The van der Waals surface area contributed by atoms with Crippen LogP contribution in [-0.2, 0) is 17.1 Å². The number of aromatic nitrogens is 1. The first-order valence-corrected chi connectivity index (χ1v) is 26.0. The van der Waals surface area contributed by atoms with Crippen LogP contribution in [-0.4, -0.2) is 16.4 Å². The van der Waals surface area contributed by atoms with E-state index in [4.69, 9.17) is 15.0 Å². The Kier molecular flexibility index (Phi) is 21.8. The summed E-state index contributed by atoms with van der Waals surface area (Å²) in [5.41, 5.74) is 16.4. The molecule has 0 amide bonds. The molecule has 0 bridgehead atoms. The van der Waals surface area contributed by atoms with Crippen molar-refractivity contribution in [2.24, 2.45) is 9.98 Å². The molecule has 0 atom stereocenters. The summed E-state index contributed by atoms with van der Waals surface area (Å²) in [5, 5.41) is 0. The van der Waals surface area contributed by atoms with Crippen LogP contribution in [0, 0.1) is 0 Å². The first-order valence-electron chi connectivity index (χ1n) is 26.0. The van der Waals surface area contributed by atoms with E-state index in [1.807, 2.05) is 0 Å². The van der Waals surface area contributed by atoms with E-state index in [1.165, 1.54) is 204 Å². The summed E-state index contributed by atoms with van der Waals surface area (Å²) in [6.07, 6.45) is 40.8. The summed E-state index contributed by atoms with van der Waals surface area (Å²) >= 11 is 0. The fraction of sp³-hybridized carbons (Fsp3) is 0.667. The summed E-state index contributed by atoms with van der Waals surface area (Å²) < 4.78 is 0. The van der Waals surface area contributed by atoms with E-state index in [0.717, 1.165) is 34.6 Å². The molecular formula is C57H79Cl3FeN3. The van der Waals surface area contributed by atoms with E-state index in [0.29, 0.717) is 23.7 Å². The molecule has 1 heterocycles. The van der Waals surface area contributed by atoms with Gasteiger partial charge in [0, 0.05) is 0 Å². The first-order chi connectivity index (χ1) is 29.6. The maximum atomic E-state index is 5.77. The predicted molar refractivity (Wildman–Crippen MR) is 256 cm³/mol. The van der Waals surface area contributed by atoms with Crippen LogP contribution in [0.15, 0.2) is 52.4 Å². The molecule has 1 radical (unpaired) electrons. The molecule has 0 spiro atoms. The summed E-state index contributed by atoms with van der Waals surface area (Å²) in [7, 11) is 0. The Morgan fingerprint density at radius 2 is 0.609 bits per heavy atom. The Balaban J connectivity index is 0.00000193. The molecule has 7 heteroatoms. The molecule has 6 fully saturated rings. The van der Waals surface area contributed by atoms with Crippen LogP contribution in [0.5, 0.6) is 0 Å². The molecule has 3 aromatic rings. The van der Waals surface area contributed by atoms with Gasteiger partial charge in [0.25, 0.3) is 0 Å². The second-order valence-corrected chi connectivity index (χ2v) is 20.9. The van der Waals surface area contributed by atoms with Crippen molar-refractivity contribution in [3.05, 3.63) is 87.2 Å². The smallest absolute Gasteiger partial charge is 1.00 e. The van der Waals surface area contributed by atoms with Crippen molar-refractivity contribution >= 4 is 22.8 Å². The normalized spacial score (nSPS) is 21.8. The van der Waals surface area contributed by atoms with Gasteiger partial charge < -0.3 is 37.2 Å². The van der Waals surface area contributed by atoms with E-state index in [1.54, 1.807) is 33.4 Å². The van der Waals surface area contributed by atoms with Crippen molar-refractivity contribution in [3.8, 4) is 0 Å². The van der Waals surface area contributed by atoms with Crippen molar-refractivity contribution in [3.63, 3.8) is 0 Å². The number of hydrogen-bond acceptors (Lipinski definition) is 3. The fourth-order valence-corrected chi connectivity index (χ4v) is 13.2. The minimum absolute atomic E-state index is 0. The van der Waals surface area contributed by atoms with E-state index < -0.39 is 0 Å². The predicted octanol–water partition coefficient (Wildman–Crippen LogP) is 8.66. The summed E-state index contributed by atoms with van der Waals surface area (Å²) in [6.45, 7) is 4.49. The van der Waals surface area contributed by atoms with Gasteiger partial charge in [-0.3, -0.25) is 9.98 Å². The number of nitrogens with zero attached hydrogens (tertiary/aromatic N) is 3. The molecule has 6 saturated carbocycles. The van der Waals surface area contributed by atoms with Crippen LogP contribution in [0.1, 0.15) is 287 Å². The molecule has 0 aliphatic heterocycles. The topological polar surface area (TPSA) is 37.6 Å². The van der Waals surface area contributed by atoms with Gasteiger partial charge in [0.1, 0.15) is 0 Å². The summed E-state index contributed by atoms with van der Waals surface area (Å²) in [4.78, 5) is 17.0. The summed E-state index contributed by atoms with van der Waals surface area (Å²) in [5.74, 6) is 3.97. The molecular weight excluding hydrogens is 889 g/mol. The minimum atomic E-state index is 0. The average molecular weight is 968 g/mol. The van der Waals surface area contributed by atoms with Gasteiger partial charge in [0.15, 0.2) is 0 Å². The van der Waals surface area contributed by atoms with Gasteiger partial charge in [-0.2, -0.15) is 0 Å². The number of benzene rings is 2. The third-order valence-electron chi connectivity index (χ3n) is 16.8. The number of pyridine rings is 1. The molecule has 6 aliphatic rings. The van der Waals surface area contributed by atoms with Gasteiger partial charge in [0.2, 0.25) is 0 Å². The maximum absolute atomic E-state index is 5.77. The van der Waals surface area contributed by atoms with Gasteiger partial charge in [-0.05, 0) is 172 Å². The van der Waals surface area contributed by atoms with Crippen LogP contribution >= 0.6 is 0 Å². The molecule has 1 aromatic heterocycles. The Morgan fingerprint density at radius 3 is 0.859 bits per heavy atom. The Bertz CT molecular complexity index is 1740. The fourth-order valence-electron chi connectivity index (χ4n) is 13.2. The van der Waals surface area contributed by atoms with Gasteiger partial charge in [-0.25, -0.2) is 4.98 Å². The Labute approximate surface area is 418 Å². The maximum Gasteiger partial charge on any atom is 3.00 e. The molecule has 6 aliphatic carbocycles. The van der Waals surface area contributed by atoms with E-state index in [-0.39, 0.29) is 54.3 Å². The van der Waals surface area contributed by atoms with Crippen LogP contribution in [0.2, 0.25) is 0 Å². The zero-order valence-electron chi connectivity index (χ0n) is 39.5. The van der Waals surface area contributed by atoms with E-state index in [9.17, 15) is 0 Å². The Morgan fingerprint density at radius 1 is 0.375 bits per heavy atom. The monoisotopic (exact) mass is 966 g/mol. The van der Waals surface area contributed by atoms with Gasteiger partial charge in [0.05, 0.1) is 34.2 Å².